The van der Waals surface area contributed by atoms with Crippen molar-refractivity contribution in [1.82, 2.24) is 5.32 Å². The molecule has 138 valence electrons. The summed E-state index contributed by atoms with van der Waals surface area (Å²) >= 11 is 5.73. The van der Waals surface area contributed by atoms with Crippen LogP contribution in [0.4, 0.5) is 18.0 Å². The first kappa shape index (κ1) is 18.0. The normalized spacial score (nSPS) is 18.3. The molecule has 1 heterocycles. The van der Waals surface area contributed by atoms with Crippen LogP contribution in [0.3, 0.4) is 0 Å². The molecule has 2 aromatic carbocycles. The first-order chi connectivity index (χ1) is 12.2. The molecule has 1 aliphatic rings. The average Bonchev–Trinajstić information content (AvgIpc) is 2.93. The summed E-state index contributed by atoms with van der Waals surface area (Å²) in [6, 6.07) is 9.43. The number of methoxy groups -OCH3 is 1. The van der Waals surface area contributed by atoms with Crippen molar-refractivity contribution in [3.8, 4) is 23.0 Å². The molecule has 1 aliphatic heterocycles. The second-order valence-corrected chi connectivity index (χ2v) is 5.54. The smallest absolute Gasteiger partial charge is 0.492 e. The lowest BCUT2D eigenvalue weighted by Gasteiger charge is -2.29. The number of hydrogen-bond donors (Lipinski definition) is 1. The van der Waals surface area contributed by atoms with Gasteiger partial charge in [0.15, 0.2) is 11.5 Å². The highest BCUT2D eigenvalue weighted by Crippen LogP contribution is 2.46. The van der Waals surface area contributed by atoms with Crippen LogP contribution in [0.15, 0.2) is 42.5 Å². The van der Waals surface area contributed by atoms with Gasteiger partial charge in [0.25, 0.3) is 0 Å². The number of carbonyl (C=O) groups is 1. The molecule has 1 unspecified atom stereocenters. The van der Waals surface area contributed by atoms with Crippen molar-refractivity contribution in [2.75, 3.05) is 7.11 Å². The molecule has 1 amide bonds. The van der Waals surface area contributed by atoms with Crippen LogP contribution in [0.1, 0.15) is 0 Å². The summed E-state index contributed by atoms with van der Waals surface area (Å²) in [4.78, 5) is 12.0. The Morgan fingerprint density at radius 1 is 1.12 bits per heavy atom. The fourth-order valence-corrected chi connectivity index (χ4v) is 2.31. The van der Waals surface area contributed by atoms with Gasteiger partial charge in [-0.25, -0.2) is 10.1 Å². The second kappa shape index (κ2) is 6.49. The van der Waals surface area contributed by atoms with E-state index >= 15 is 0 Å². The predicted molar refractivity (Wildman–Crippen MR) is 83.6 cm³/mol. The van der Waals surface area contributed by atoms with Gasteiger partial charge in [0.1, 0.15) is 11.5 Å². The second-order valence-electron chi connectivity index (χ2n) is 5.10. The molecule has 0 aliphatic carbocycles. The summed E-state index contributed by atoms with van der Waals surface area (Å²) in [7, 11) is 1.39. The maximum Gasteiger partial charge on any atom is 0.492 e. The van der Waals surface area contributed by atoms with Crippen LogP contribution in [0.2, 0.25) is 5.02 Å². The van der Waals surface area contributed by atoms with Gasteiger partial charge in [-0.1, -0.05) is 17.7 Å². The van der Waals surface area contributed by atoms with Gasteiger partial charge in [0.05, 0.1) is 7.11 Å². The quantitative estimate of drug-likeness (QED) is 0.855. The minimum absolute atomic E-state index is 0.0299. The van der Waals surface area contributed by atoms with Gasteiger partial charge >= 0.3 is 18.2 Å². The predicted octanol–water partition coefficient (Wildman–Crippen LogP) is 4.12. The molecule has 2 aromatic rings. The molecule has 0 fully saturated rings. The van der Waals surface area contributed by atoms with Crippen molar-refractivity contribution in [3.63, 3.8) is 0 Å². The van der Waals surface area contributed by atoms with Crippen LogP contribution in [-0.4, -0.2) is 25.3 Å². The number of nitrogens with one attached hydrogen (secondary N) is 1. The standard InChI is InChI=1S/C16H11ClF3NO5/c1-23-10-3-2-4-11(8-10)24-14(22)21-16(15(18,19)20)25-12-6-5-9(17)7-13(12)26-16/h2-8H,1H3,(H,21,22). The number of alkyl halides is 3. The number of carbonyl (C=O) groups excluding carboxylic acids is 1. The Bertz CT molecular complexity index is 845. The molecule has 0 spiro atoms. The molecule has 1 N–H and O–H groups in total. The number of halogens is 4. The maximum absolute atomic E-state index is 13.5. The molecule has 26 heavy (non-hydrogen) atoms. The summed E-state index contributed by atoms with van der Waals surface area (Å²) in [5, 5.41) is 1.71. The van der Waals surface area contributed by atoms with Gasteiger partial charge in [0.2, 0.25) is 0 Å². The van der Waals surface area contributed by atoms with Gasteiger partial charge in [-0.15, -0.1) is 0 Å². The third-order valence-corrected chi connectivity index (χ3v) is 3.54. The van der Waals surface area contributed by atoms with Crippen molar-refractivity contribution in [1.29, 1.82) is 0 Å². The minimum Gasteiger partial charge on any atom is -0.497 e. The minimum atomic E-state index is -5.11. The zero-order valence-electron chi connectivity index (χ0n) is 13.1. The first-order valence-electron chi connectivity index (χ1n) is 7.11. The van der Waals surface area contributed by atoms with E-state index in [1.807, 2.05) is 0 Å². The monoisotopic (exact) mass is 389 g/mol. The zero-order valence-corrected chi connectivity index (χ0v) is 13.9. The van der Waals surface area contributed by atoms with Gasteiger partial charge in [0, 0.05) is 17.2 Å². The Balaban J connectivity index is 1.81. The van der Waals surface area contributed by atoms with Gasteiger partial charge in [-0.2, -0.15) is 13.2 Å². The molecular formula is C16H11ClF3NO5. The third kappa shape index (κ3) is 3.43. The van der Waals surface area contributed by atoms with E-state index in [0.29, 0.717) is 5.75 Å². The Labute approximate surface area is 150 Å². The van der Waals surface area contributed by atoms with E-state index in [1.54, 1.807) is 11.4 Å². The van der Waals surface area contributed by atoms with Crippen molar-refractivity contribution in [2.24, 2.45) is 0 Å². The van der Waals surface area contributed by atoms with E-state index in [2.05, 4.69) is 0 Å². The van der Waals surface area contributed by atoms with E-state index in [9.17, 15) is 18.0 Å². The summed E-state index contributed by atoms with van der Waals surface area (Å²) < 4.78 is 60.0. The van der Waals surface area contributed by atoms with Crippen LogP contribution in [0.25, 0.3) is 0 Å². The summed E-state index contributed by atoms with van der Waals surface area (Å²) in [5.41, 5.74) is 0. The lowest BCUT2D eigenvalue weighted by atomic mass is 10.3. The molecule has 6 nitrogen and oxygen atoms in total. The molecule has 10 heteroatoms. The number of rotatable bonds is 3. The summed E-state index contributed by atoms with van der Waals surface area (Å²) in [5.74, 6) is -3.60. The fraction of sp³-hybridized carbons (Fsp3) is 0.188. The Morgan fingerprint density at radius 3 is 2.50 bits per heavy atom. The lowest BCUT2D eigenvalue weighted by molar-refractivity contribution is -0.318. The van der Waals surface area contributed by atoms with E-state index in [1.165, 1.54) is 37.4 Å². The number of ether oxygens (including phenoxy) is 4. The summed E-state index contributed by atoms with van der Waals surface area (Å²) in [6.07, 6.45) is -6.54. The molecule has 0 aromatic heterocycles. The first-order valence-corrected chi connectivity index (χ1v) is 7.48. The Kier molecular flexibility index (Phi) is 4.49. The highest BCUT2D eigenvalue weighted by Gasteiger charge is 2.66. The van der Waals surface area contributed by atoms with Crippen LogP contribution in [-0.2, 0) is 0 Å². The molecule has 0 saturated heterocycles. The SMILES string of the molecule is COc1cccc(OC(=O)NC2(C(F)(F)F)Oc3ccc(Cl)cc3O2)c1. The van der Waals surface area contributed by atoms with Crippen LogP contribution >= 0.6 is 11.6 Å². The highest BCUT2D eigenvalue weighted by atomic mass is 35.5. The molecule has 0 radical (unpaired) electrons. The van der Waals surface area contributed by atoms with E-state index in [4.69, 9.17) is 30.5 Å². The van der Waals surface area contributed by atoms with Gasteiger partial charge in [-0.05, 0) is 24.3 Å². The van der Waals surface area contributed by atoms with Crippen molar-refractivity contribution in [3.05, 3.63) is 47.5 Å². The van der Waals surface area contributed by atoms with Crippen molar-refractivity contribution in [2.45, 2.75) is 12.1 Å². The Morgan fingerprint density at radius 2 is 1.81 bits per heavy atom. The maximum atomic E-state index is 13.5. The van der Waals surface area contributed by atoms with Crippen LogP contribution in [0.5, 0.6) is 23.0 Å². The van der Waals surface area contributed by atoms with E-state index < -0.39 is 18.2 Å². The molecule has 3 rings (SSSR count). The highest BCUT2D eigenvalue weighted by molar-refractivity contribution is 6.30. The van der Waals surface area contributed by atoms with Crippen molar-refractivity contribution >= 4 is 17.7 Å². The molecular weight excluding hydrogens is 379 g/mol. The topological polar surface area (TPSA) is 66.0 Å². The van der Waals surface area contributed by atoms with Crippen LogP contribution in [0, 0.1) is 0 Å². The van der Waals surface area contributed by atoms with Gasteiger partial charge < -0.3 is 18.9 Å². The average molecular weight is 390 g/mol. The molecule has 1 atom stereocenters. The molecule has 0 bridgehead atoms. The fourth-order valence-electron chi connectivity index (χ4n) is 2.15. The van der Waals surface area contributed by atoms with E-state index in [-0.39, 0.29) is 22.3 Å². The molecule has 0 saturated carbocycles. The number of hydrogen-bond acceptors (Lipinski definition) is 5. The van der Waals surface area contributed by atoms with Gasteiger partial charge in [-0.3, -0.25) is 0 Å². The van der Waals surface area contributed by atoms with E-state index in [0.717, 1.165) is 6.07 Å². The lowest BCUT2D eigenvalue weighted by Crippen LogP contribution is -2.65. The third-order valence-electron chi connectivity index (χ3n) is 3.30. The number of fused-ring (bicyclic) bond motifs is 1. The Hall–Kier alpha value is -2.81. The number of benzene rings is 2. The largest absolute Gasteiger partial charge is 0.497 e. The zero-order chi connectivity index (χ0) is 18.9. The van der Waals surface area contributed by atoms with Crippen molar-refractivity contribution < 1.29 is 36.9 Å². The summed E-state index contributed by atoms with van der Waals surface area (Å²) in [6.45, 7) is 0. The number of amides is 1. The van der Waals surface area contributed by atoms with Crippen LogP contribution < -0.4 is 24.3 Å².